The van der Waals surface area contributed by atoms with Gasteiger partial charge in [-0.15, -0.1) is 0 Å². The van der Waals surface area contributed by atoms with E-state index in [0.29, 0.717) is 11.5 Å². The maximum Gasteiger partial charge on any atom is 0.244 e. The number of sulfonamides is 1. The van der Waals surface area contributed by atoms with Crippen molar-refractivity contribution in [2.24, 2.45) is 0 Å². The van der Waals surface area contributed by atoms with Crippen LogP contribution in [0.2, 0.25) is 0 Å². The van der Waals surface area contributed by atoms with E-state index >= 15 is 0 Å². The number of hydrogen-bond acceptors (Lipinski definition) is 7. The molecule has 0 radical (unpaired) electrons. The molecule has 2 amide bonds. The molecule has 0 aliphatic carbocycles. The molecule has 0 aliphatic heterocycles. The van der Waals surface area contributed by atoms with Crippen LogP contribution in [0.25, 0.3) is 0 Å². The van der Waals surface area contributed by atoms with Crippen LogP contribution in [0.5, 0.6) is 17.2 Å². The number of methoxy groups -OCH3 is 3. The molecule has 1 unspecified atom stereocenters. The molecule has 0 heterocycles. The summed E-state index contributed by atoms with van der Waals surface area (Å²) in [5.74, 6) is 0.312. The third-order valence-corrected chi connectivity index (χ3v) is 6.55. The van der Waals surface area contributed by atoms with Crippen LogP contribution in [0, 0.1) is 0 Å². The Balaban J connectivity index is 2.50. The largest absolute Gasteiger partial charge is 0.497 e. The van der Waals surface area contributed by atoms with Gasteiger partial charge in [-0.3, -0.25) is 13.9 Å². The van der Waals surface area contributed by atoms with E-state index in [1.54, 1.807) is 43.3 Å². The van der Waals surface area contributed by atoms with Gasteiger partial charge in [-0.25, -0.2) is 8.42 Å². The number of carbonyl (C=O) groups excluding carboxylic acids is 2. The highest BCUT2D eigenvalue weighted by molar-refractivity contribution is 7.92. The van der Waals surface area contributed by atoms with Crippen molar-refractivity contribution in [2.75, 3.05) is 38.4 Å². The number of nitrogens with zero attached hydrogens (tertiary/aromatic N) is 2. The molecule has 0 saturated carbocycles. The van der Waals surface area contributed by atoms with Crippen LogP contribution >= 0.6 is 0 Å². The monoisotopic (exact) mass is 521 g/mol. The highest BCUT2D eigenvalue weighted by atomic mass is 32.2. The molecule has 0 fully saturated rings. The first-order valence-electron chi connectivity index (χ1n) is 11.3. The van der Waals surface area contributed by atoms with E-state index in [0.717, 1.165) is 16.1 Å². The number of anilines is 1. The van der Waals surface area contributed by atoms with Crippen LogP contribution in [0.1, 0.15) is 26.3 Å². The zero-order valence-corrected chi connectivity index (χ0v) is 22.6. The minimum atomic E-state index is -3.92. The molecule has 198 valence electrons. The summed E-state index contributed by atoms with van der Waals surface area (Å²) in [4.78, 5) is 27.9. The Morgan fingerprint density at radius 3 is 2.14 bits per heavy atom. The van der Waals surface area contributed by atoms with E-state index in [2.05, 4.69) is 5.32 Å². The van der Waals surface area contributed by atoms with Crippen molar-refractivity contribution in [3.05, 3.63) is 48.0 Å². The normalized spacial score (nSPS) is 12.0. The lowest BCUT2D eigenvalue weighted by Crippen LogP contribution is -2.52. The molecule has 36 heavy (non-hydrogen) atoms. The first kappa shape index (κ1) is 28.8. The molecule has 2 aromatic carbocycles. The lowest BCUT2D eigenvalue weighted by Gasteiger charge is -2.32. The number of rotatable bonds is 12. The summed E-state index contributed by atoms with van der Waals surface area (Å²) in [5.41, 5.74) is 0.866. The highest BCUT2D eigenvalue weighted by Gasteiger charge is 2.31. The lowest BCUT2D eigenvalue weighted by molar-refractivity contribution is -0.139. The van der Waals surface area contributed by atoms with Crippen molar-refractivity contribution >= 4 is 27.5 Å². The Bertz CT molecular complexity index is 1170. The molecule has 0 aromatic heterocycles. The standard InChI is InChI=1S/C25H35N3O7S/c1-17(2)26-25(30)18(3)27(15-19-9-8-10-20(13-19)33-4)24(29)16-28(36(7,31)32)22-14-21(34-5)11-12-23(22)35-6/h8-14,17-18H,15-16H2,1-7H3,(H,26,30). The zero-order chi connectivity index (χ0) is 27.0. The van der Waals surface area contributed by atoms with Crippen LogP contribution < -0.4 is 23.8 Å². The predicted octanol–water partition coefficient (Wildman–Crippen LogP) is 2.42. The molecule has 0 spiro atoms. The second-order valence-electron chi connectivity index (χ2n) is 8.52. The maximum absolute atomic E-state index is 13.7. The van der Waals surface area contributed by atoms with Gasteiger partial charge in [-0.2, -0.15) is 0 Å². The first-order chi connectivity index (χ1) is 16.9. The van der Waals surface area contributed by atoms with E-state index < -0.39 is 28.5 Å². The smallest absolute Gasteiger partial charge is 0.244 e. The fourth-order valence-corrected chi connectivity index (χ4v) is 4.39. The molecule has 0 aliphatic rings. The van der Waals surface area contributed by atoms with Gasteiger partial charge >= 0.3 is 0 Å². The summed E-state index contributed by atoms with van der Waals surface area (Å²) in [6.45, 7) is 4.76. The van der Waals surface area contributed by atoms with E-state index in [9.17, 15) is 18.0 Å². The Morgan fingerprint density at radius 1 is 0.944 bits per heavy atom. The van der Waals surface area contributed by atoms with E-state index in [1.165, 1.54) is 32.3 Å². The molecule has 0 bridgehead atoms. The summed E-state index contributed by atoms with van der Waals surface area (Å²) in [7, 11) is 0.466. The topological polar surface area (TPSA) is 114 Å². The van der Waals surface area contributed by atoms with Crippen molar-refractivity contribution in [3.63, 3.8) is 0 Å². The Hall–Kier alpha value is -3.47. The molecule has 2 rings (SSSR count). The Morgan fingerprint density at radius 2 is 1.58 bits per heavy atom. The third kappa shape index (κ3) is 7.51. The molecular formula is C25H35N3O7S. The Labute approximate surface area is 213 Å². The SMILES string of the molecule is COc1cccc(CN(C(=O)CN(c2cc(OC)ccc2OC)S(C)(=O)=O)C(C)C(=O)NC(C)C)c1. The van der Waals surface area contributed by atoms with Crippen LogP contribution in [0.3, 0.4) is 0 Å². The lowest BCUT2D eigenvalue weighted by atomic mass is 10.1. The van der Waals surface area contributed by atoms with Crippen molar-refractivity contribution in [1.29, 1.82) is 0 Å². The minimum Gasteiger partial charge on any atom is -0.497 e. The van der Waals surface area contributed by atoms with Crippen LogP contribution in [-0.4, -0.2) is 71.3 Å². The summed E-state index contributed by atoms with van der Waals surface area (Å²) >= 11 is 0. The maximum atomic E-state index is 13.7. The molecule has 1 atom stereocenters. The average Bonchev–Trinajstić information content (AvgIpc) is 2.83. The summed E-state index contributed by atoms with van der Waals surface area (Å²) in [6, 6.07) is 10.8. The molecule has 0 saturated heterocycles. The van der Waals surface area contributed by atoms with Gasteiger partial charge in [0, 0.05) is 18.7 Å². The van der Waals surface area contributed by atoms with Gasteiger partial charge in [-0.1, -0.05) is 12.1 Å². The van der Waals surface area contributed by atoms with E-state index in [-0.39, 0.29) is 29.9 Å². The second kappa shape index (κ2) is 12.5. The average molecular weight is 522 g/mol. The van der Waals surface area contributed by atoms with Crippen LogP contribution in [-0.2, 0) is 26.2 Å². The number of nitrogens with one attached hydrogen (secondary N) is 1. The number of amides is 2. The van der Waals surface area contributed by atoms with Crippen molar-refractivity contribution in [3.8, 4) is 17.2 Å². The minimum absolute atomic E-state index is 0.0650. The highest BCUT2D eigenvalue weighted by Crippen LogP contribution is 2.34. The third-order valence-electron chi connectivity index (χ3n) is 5.42. The van der Waals surface area contributed by atoms with E-state index in [1.807, 2.05) is 13.8 Å². The fraction of sp³-hybridized carbons (Fsp3) is 0.440. The molecule has 10 nitrogen and oxygen atoms in total. The molecule has 11 heteroatoms. The van der Waals surface area contributed by atoms with Gasteiger partial charge in [0.2, 0.25) is 21.8 Å². The van der Waals surface area contributed by atoms with Gasteiger partial charge in [0.05, 0.1) is 33.3 Å². The fourth-order valence-electron chi connectivity index (χ4n) is 3.54. The summed E-state index contributed by atoms with van der Waals surface area (Å²) in [6.07, 6.45) is 1.00. The molecule has 2 aromatic rings. The van der Waals surface area contributed by atoms with E-state index in [4.69, 9.17) is 14.2 Å². The Kier molecular flexibility index (Phi) is 9.97. The number of hydrogen-bond donors (Lipinski definition) is 1. The number of benzene rings is 2. The van der Waals surface area contributed by atoms with Crippen LogP contribution in [0.15, 0.2) is 42.5 Å². The quantitative estimate of drug-likeness (QED) is 0.456. The number of ether oxygens (including phenoxy) is 3. The predicted molar refractivity (Wildman–Crippen MR) is 138 cm³/mol. The van der Waals surface area contributed by atoms with Gasteiger partial charge in [0.15, 0.2) is 0 Å². The summed E-state index contributed by atoms with van der Waals surface area (Å²) < 4.78 is 42.4. The van der Waals surface area contributed by atoms with Gasteiger partial charge < -0.3 is 24.4 Å². The molecular weight excluding hydrogens is 486 g/mol. The molecule has 1 N–H and O–H groups in total. The van der Waals surface area contributed by atoms with Crippen molar-refractivity contribution < 1.29 is 32.2 Å². The van der Waals surface area contributed by atoms with Crippen LogP contribution in [0.4, 0.5) is 5.69 Å². The first-order valence-corrected chi connectivity index (χ1v) is 13.2. The summed E-state index contributed by atoms with van der Waals surface area (Å²) in [5, 5.41) is 2.81. The van der Waals surface area contributed by atoms with Gasteiger partial charge in [0.25, 0.3) is 0 Å². The van der Waals surface area contributed by atoms with Gasteiger partial charge in [-0.05, 0) is 50.6 Å². The zero-order valence-electron chi connectivity index (χ0n) is 21.8. The van der Waals surface area contributed by atoms with Crippen molar-refractivity contribution in [1.82, 2.24) is 10.2 Å². The second-order valence-corrected chi connectivity index (χ2v) is 10.4. The van der Waals surface area contributed by atoms with Gasteiger partial charge in [0.1, 0.15) is 29.8 Å². The van der Waals surface area contributed by atoms with Crippen molar-refractivity contribution in [2.45, 2.75) is 39.4 Å². The number of carbonyl (C=O) groups is 2.